The summed E-state index contributed by atoms with van der Waals surface area (Å²) in [5, 5.41) is 4.75. The van der Waals surface area contributed by atoms with Crippen LogP contribution >= 0.6 is 11.8 Å². The van der Waals surface area contributed by atoms with E-state index in [9.17, 15) is 4.79 Å². The molecule has 2 aromatic carbocycles. The number of morpholine rings is 1. The summed E-state index contributed by atoms with van der Waals surface area (Å²) in [6.07, 6.45) is 1.68. The Morgan fingerprint density at radius 1 is 1.00 bits per heavy atom. The molecule has 0 N–H and O–H groups in total. The van der Waals surface area contributed by atoms with Gasteiger partial charge in [0.1, 0.15) is 11.6 Å². The third-order valence-electron chi connectivity index (χ3n) is 4.36. The van der Waals surface area contributed by atoms with Gasteiger partial charge in [-0.25, -0.2) is 9.67 Å². The number of para-hydroxylation sites is 1. The van der Waals surface area contributed by atoms with Crippen molar-refractivity contribution >= 4 is 17.7 Å². The smallest absolute Gasteiger partial charge is 0.240 e. The maximum Gasteiger partial charge on any atom is 0.240 e. The highest BCUT2D eigenvalue weighted by molar-refractivity contribution is 8.00. The fourth-order valence-electron chi connectivity index (χ4n) is 2.95. The zero-order valence-corrected chi connectivity index (χ0v) is 15.6. The van der Waals surface area contributed by atoms with Crippen LogP contribution in [0.4, 0.5) is 0 Å². The second-order valence-corrected chi connectivity index (χ2v) is 7.23. The van der Waals surface area contributed by atoms with Gasteiger partial charge in [-0.3, -0.25) is 4.79 Å². The number of carbonyl (C=O) groups excluding carboxylic acids is 1. The van der Waals surface area contributed by atoms with E-state index < -0.39 is 0 Å². The lowest BCUT2D eigenvalue weighted by Gasteiger charge is -2.30. The predicted molar refractivity (Wildman–Crippen MR) is 104 cm³/mol. The molecule has 1 saturated heterocycles. The molecule has 1 atom stereocenters. The van der Waals surface area contributed by atoms with Crippen molar-refractivity contribution < 1.29 is 9.53 Å². The van der Waals surface area contributed by atoms with Crippen molar-refractivity contribution in [3.8, 4) is 5.69 Å². The number of nitrogens with zero attached hydrogens (tertiary/aromatic N) is 4. The summed E-state index contributed by atoms with van der Waals surface area (Å²) in [5.74, 6) is 0.0746. The summed E-state index contributed by atoms with van der Waals surface area (Å²) in [6.45, 7) is 2.40. The van der Waals surface area contributed by atoms with Gasteiger partial charge in [0.15, 0.2) is 0 Å². The molecule has 4 rings (SSSR count). The molecule has 27 heavy (non-hydrogen) atoms. The first-order valence-electron chi connectivity index (χ1n) is 8.86. The number of thioether (sulfide) groups is 1. The summed E-state index contributed by atoms with van der Waals surface area (Å²) in [6, 6.07) is 19.6. The number of aromatic nitrogens is 3. The molecule has 6 nitrogen and oxygen atoms in total. The molecule has 0 saturated carbocycles. The minimum Gasteiger partial charge on any atom is -0.378 e. The minimum absolute atomic E-state index is 0.0746. The Morgan fingerprint density at radius 2 is 1.67 bits per heavy atom. The number of benzene rings is 2. The van der Waals surface area contributed by atoms with Crippen LogP contribution in [-0.4, -0.2) is 51.9 Å². The van der Waals surface area contributed by atoms with Gasteiger partial charge in [0.2, 0.25) is 11.1 Å². The van der Waals surface area contributed by atoms with E-state index in [1.54, 1.807) is 11.0 Å². The van der Waals surface area contributed by atoms with Crippen molar-refractivity contribution in [2.24, 2.45) is 0 Å². The Kier molecular flexibility index (Phi) is 5.50. The SMILES string of the molecule is O=C([C@H](Sc1ncn(-c2ccccc2)n1)c1ccccc1)N1CCOCC1. The molecule has 1 amide bonds. The van der Waals surface area contributed by atoms with Gasteiger partial charge in [-0.15, -0.1) is 5.10 Å². The van der Waals surface area contributed by atoms with E-state index in [0.717, 1.165) is 11.3 Å². The van der Waals surface area contributed by atoms with Crippen LogP contribution in [0, 0.1) is 0 Å². The number of carbonyl (C=O) groups is 1. The van der Waals surface area contributed by atoms with Crippen LogP contribution in [0.5, 0.6) is 0 Å². The zero-order valence-electron chi connectivity index (χ0n) is 14.8. The summed E-state index contributed by atoms with van der Waals surface area (Å²) in [7, 11) is 0. The molecule has 1 aliphatic rings. The van der Waals surface area contributed by atoms with Crippen molar-refractivity contribution in [1.29, 1.82) is 0 Å². The first kappa shape index (κ1) is 17.8. The Bertz CT molecular complexity index is 879. The quantitative estimate of drug-likeness (QED) is 0.637. The summed E-state index contributed by atoms with van der Waals surface area (Å²) < 4.78 is 7.10. The normalized spacial score (nSPS) is 15.5. The van der Waals surface area contributed by atoms with Crippen LogP contribution < -0.4 is 0 Å². The second-order valence-electron chi connectivity index (χ2n) is 6.15. The lowest BCUT2D eigenvalue weighted by molar-refractivity contribution is -0.134. The monoisotopic (exact) mass is 380 g/mol. The number of ether oxygens (including phenoxy) is 1. The molecule has 1 fully saturated rings. The Morgan fingerprint density at radius 3 is 2.37 bits per heavy atom. The van der Waals surface area contributed by atoms with Gasteiger partial charge < -0.3 is 9.64 Å². The van der Waals surface area contributed by atoms with E-state index in [1.165, 1.54) is 11.8 Å². The van der Waals surface area contributed by atoms with Crippen molar-refractivity contribution in [3.05, 3.63) is 72.6 Å². The fourth-order valence-corrected chi connectivity index (χ4v) is 3.95. The molecular formula is C20H20N4O2S. The molecule has 1 aliphatic heterocycles. The van der Waals surface area contributed by atoms with Crippen LogP contribution in [-0.2, 0) is 9.53 Å². The Hall–Kier alpha value is -2.64. The standard InChI is InChI=1S/C20H20N4O2S/c25-19(23-11-13-26-14-12-23)18(16-7-3-1-4-8-16)27-20-21-15-24(22-20)17-9-5-2-6-10-17/h1-10,15,18H,11-14H2/t18-/m1/s1. The third kappa shape index (κ3) is 4.20. The molecule has 0 bridgehead atoms. The van der Waals surface area contributed by atoms with E-state index in [1.807, 2.05) is 65.6 Å². The average Bonchev–Trinajstić information content (AvgIpc) is 3.22. The van der Waals surface area contributed by atoms with E-state index >= 15 is 0 Å². The minimum atomic E-state index is -0.379. The predicted octanol–water partition coefficient (Wildman–Crippen LogP) is 2.96. The highest BCUT2D eigenvalue weighted by atomic mass is 32.2. The number of amides is 1. The molecule has 7 heteroatoms. The van der Waals surface area contributed by atoms with E-state index in [4.69, 9.17) is 4.74 Å². The van der Waals surface area contributed by atoms with Gasteiger partial charge in [-0.1, -0.05) is 60.3 Å². The van der Waals surface area contributed by atoms with Gasteiger partial charge in [-0.2, -0.15) is 0 Å². The van der Waals surface area contributed by atoms with Crippen LogP contribution in [0.25, 0.3) is 5.69 Å². The molecule has 0 aliphatic carbocycles. The Labute approximate surface area is 162 Å². The molecule has 3 aromatic rings. The molecule has 2 heterocycles. The van der Waals surface area contributed by atoms with E-state index in [2.05, 4.69) is 10.1 Å². The Balaban J connectivity index is 1.58. The highest BCUT2D eigenvalue weighted by Crippen LogP contribution is 2.35. The first-order valence-corrected chi connectivity index (χ1v) is 9.74. The van der Waals surface area contributed by atoms with Crippen molar-refractivity contribution in [2.45, 2.75) is 10.4 Å². The van der Waals surface area contributed by atoms with Crippen molar-refractivity contribution in [1.82, 2.24) is 19.7 Å². The summed E-state index contributed by atoms with van der Waals surface area (Å²) in [5.41, 5.74) is 1.89. The molecule has 0 radical (unpaired) electrons. The van der Waals surface area contributed by atoms with Gasteiger partial charge in [-0.05, 0) is 17.7 Å². The van der Waals surface area contributed by atoms with Crippen molar-refractivity contribution in [3.63, 3.8) is 0 Å². The average molecular weight is 380 g/mol. The fraction of sp³-hybridized carbons (Fsp3) is 0.250. The van der Waals surface area contributed by atoms with Crippen LogP contribution in [0.1, 0.15) is 10.8 Å². The second kappa shape index (κ2) is 8.37. The molecular weight excluding hydrogens is 360 g/mol. The number of hydrogen-bond donors (Lipinski definition) is 0. The van der Waals surface area contributed by atoms with Crippen LogP contribution in [0.15, 0.2) is 72.1 Å². The topological polar surface area (TPSA) is 60.2 Å². The van der Waals surface area contributed by atoms with Crippen LogP contribution in [0.3, 0.4) is 0 Å². The highest BCUT2D eigenvalue weighted by Gasteiger charge is 2.29. The largest absolute Gasteiger partial charge is 0.378 e. The third-order valence-corrected chi connectivity index (χ3v) is 5.47. The lowest BCUT2D eigenvalue weighted by atomic mass is 10.1. The van der Waals surface area contributed by atoms with Crippen molar-refractivity contribution in [2.75, 3.05) is 26.3 Å². The molecule has 0 spiro atoms. The number of rotatable bonds is 5. The maximum absolute atomic E-state index is 13.2. The van der Waals surface area contributed by atoms with E-state index in [-0.39, 0.29) is 11.2 Å². The molecule has 138 valence electrons. The summed E-state index contributed by atoms with van der Waals surface area (Å²) in [4.78, 5) is 19.4. The molecule has 0 unspecified atom stereocenters. The van der Waals surface area contributed by atoms with Gasteiger partial charge >= 0.3 is 0 Å². The zero-order chi connectivity index (χ0) is 18.5. The van der Waals surface area contributed by atoms with E-state index in [0.29, 0.717) is 31.5 Å². The maximum atomic E-state index is 13.2. The van der Waals surface area contributed by atoms with Gasteiger partial charge in [0.05, 0.1) is 18.9 Å². The number of hydrogen-bond acceptors (Lipinski definition) is 5. The summed E-state index contributed by atoms with van der Waals surface area (Å²) >= 11 is 1.38. The van der Waals surface area contributed by atoms with Gasteiger partial charge in [0, 0.05) is 13.1 Å². The molecule has 1 aromatic heterocycles. The first-order chi connectivity index (χ1) is 13.3. The lowest BCUT2D eigenvalue weighted by Crippen LogP contribution is -2.42. The van der Waals surface area contributed by atoms with Crippen LogP contribution in [0.2, 0.25) is 0 Å². The van der Waals surface area contributed by atoms with Gasteiger partial charge in [0.25, 0.3) is 0 Å².